The van der Waals surface area contributed by atoms with Gasteiger partial charge in [-0.25, -0.2) is 0 Å². The van der Waals surface area contributed by atoms with Crippen LogP contribution in [0.1, 0.15) is 28.5 Å². The molecule has 2 aromatic rings. The van der Waals surface area contributed by atoms with Gasteiger partial charge in [0.2, 0.25) is 5.78 Å². The van der Waals surface area contributed by atoms with Crippen LogP contribution in [0, 0.1) is 6.92 Å². The highest BCUT2D eigenvalue weighted by Gasteiger charge is 2.20. The average molecular weight is 245 g/mol. The average Bonchev–Trinajstić information content (AvgIpc) is 2.80. The summed E-state index contributed by atoms with van der Waals surface area (Å²) >= 11 is 0. The van der Waals surface area contributed by atoms with Crippen LogP contribution in [0.2, 0.25) is 0 Å². The second-order valence-corrected chi connectivity index (χ2v) is 3.96. The van der Waals surface area contributed by atoms with E-state index >= 15 is 0 Å². The fourth-order valence-corrected chi connectivity index (χ4v) is 1.80. The van der Waals surface area contributed by atoms with Crippen LogP contribution in [-0.2, 0) is 6.54 Å². The third-order valence-corrected chi connectivity index (χ3v) is 2.68. The molecule has 0 aliphatic heterocycles. The number of aryl methyl sites for hydroxylation is 2. The summed E-state index contributed by atoms with van der Waals surface area (Å²) in [5, 5.41) is 4.12. The first-order chi connectivity index (χ1) is 8.67. The van der Waals surface area contributed by atoms with Crippen LogP contribution in [0.3, 0.4) is 0 Å². The van der Waals surface area contributed by atoms with E-state index < -0.39 is 0 Å². The van der Waals surface area contributed by atoms with E-state index in [0.717, 1.165) is 5.56 Å². The molecule has 0 radical (unpaired) electrons. The van der Waals surface area contributed by atoms with Crippen LogP contribution in [-0.4, -0.2) is 27.7 Å². The standard InChI is InChI=1S/C13H15N3O2/c1-4-16-12(11(18-3)8-15-16)13(17)10-5-9(2)6-14-7-10/h5-8H,4H2,1-3H3. The lowest BCUT2D eigenvalue weighted by molar-refractivity contribution is 0.102. The van der Waals surface area contributed by atoms with E-state index in [0.29, 0.717) is 23.6 Å². The number of nitrogens with zero attached hydrogens (tertiary/aromatic N) is 3. The molecule has 0 saturated carbocycles. The van der Waals surface area contributed by atoms with Gasteiger partial charge in [0.1, 0.15) is 0 Å². The van der Waals surface area contributed by atoms with Crippen molar-refractivity contribution in [1.82, 2.24) is 14.8 Å². The zero-order chi connectivity index (χ0) is 13.1. The molecule has 5 heteroatoms. The molecule has 0 saturated heterocycles. The summed E-state index contributed by atoms with van der Waals surface area (Å²) < 4.78 is 6.80. The first kappa shape index (κ1) is 12.3. The molecule has 0 fully saturated rings. The maximum absolute atomic E-state index is 12.4. The van der Waals surface area contributed by atoms with Crippen LogP contribution in [0.5, 0.6) is 5.75 Å². The number of aromatic nitrogens is 3. The van der Waals surface area contributed by atoms with Gasteiger partial charge >= 0.3 is 0 Å². The SMILES string of the molecule is CCn1ncc(OC)c1C(=O)c1cncc(C)c1. The second-order valence-electron chi connectivity index (χ2n) is 3.96. The third kappa shape index (κ3) is 2.11. The Morgan fingerprint density at radius 2 is 2.17 bits per heavy atom. The highest BCUT2D eigenvalue weighted by molar-refractivity contribution is 6.09. The van der Waals surface area contributed by atoms with Gasteiger partial charge in [0.25, 0.3) is 0 Å². The van der Waals surface area contributed by atoms with Crippen molar-refractivity contribution in [3.63, 3.8) is 0 Å². The zero-order valence-electron chi connectivity index (χ0n) is 10.7. The molecule has 2 heterocycles. The Bertz CT molecular complexity index is 554. The molecule has 0 N–H and O–H groups in total. The van der Waals surface area contributed by atoms with Crippen LogP contribution in [0.15, 0.2) is 24.7 Å². The molecule has 5 nitrogen and oxygen atoms in total. The van der Waals surface area contributed by atoms with Gasteiger partial charge < -0.3 is 4.74 Å². The summed E-state index contributed by atoms with van der Waals surface area (Å²) in [6.45, 7) is 4.44. The number of ketones is 1. The normalized spacial score (nSPS) is 10.4. The van der Waals surface area contributed by atoms with Crippen molar-refractivity contribution >= 4 is 5.78 Å². The summed E-state index contributed by atoms with van der Waals surface area (Å²) in [6, 6.07) is 1.81. The molecule has 0 aliphatic rings. The zero-order valence-corrected chi connectivity index (χ0v) is 10.7. The minimum absolute atomic E-state index is 0.123. The molecule has 0 unspecified atom stereocenters. The van der Waals surface area contributed by atoms with Gasteiger partial charge in [0.05, 0.1) is 13.3 Å². The van der Waals surface area contributed by atoms with Crippen LogP contribution in [0.25, 0.3) is 0 Å². The van der Waals surface area contributed by atoms with E-state index in [4.69, 9.17) is 4.74 Å². The number of ether oxygens (including phenoxy) is 1. The summed E-state index contributed by atoms with van der Waals surface area (Å²) in [7, 11) is 1.53. The molecular weight excluding hydrogens is 230 g/mol. The Hall–Kier alpha value is -2.17. The Morgan fingerprint density at radius 3 is 2.78 bits per heavy atom. The molecule has 0 atom stereocenters. The fraction of sp³-hybridized carbons (Fsp3) is 0.308. The van der Waals surface area contributed by atoms with Crippen molar-refractivity contribution in [3.8, 4) is 5.75 Å². The van der Waals surface area contributed by atoms with Gasteiger partial charge in [-0.1, -0.05) is 0 Å². The Balaban J connectivity index is 2.48. The number of hydrogen-bond acceptors (Lipinski definition) is 4. The highest BCUT2D eigenvalue weighted by atomic mass is 16.5. The lowest BCUT2D eigenvalue weighted by Gasteiger charge is -2.06. The van der Waals surface area contributed by atoms with E-state index in [2.05, 4.69) is 10.1 Å². The number of pyridine rings is 1. The second kappa shape index (κ2) is 5.00. The molecular formula is C13H15N3O2. The maximum Gasteiger partial charge on any atom is 0.216 e. The molecule has 0 spiro atoms. The number of methoxy groups -OCH3 is 1. The minimum atomic E-state index is -0.123. The molecule has 18 heavy (non-hydrogen) atoms. The number of hydrogen-bond donors (Lipinski definition) is 0. The lowest BCUT2D eigenvalue weighted by Crippen LogP contribution is -2.12. The maximum atomic E-state index is 12.4. The predicted octanol–water partition coefficient (Wildman–Crippen LogP) is 1.85. The monoisotopic (exact) mass is 245 g/mol. The molecule has 0 bridgehead atoms. The van der Waals surface area contributed by atoms with Crippen molar-refractivity contribution in [2.75, 3.05) is 7.11 Å². The smallest absolute Gasteiger partial charge is 0.216 e. The molecule has 0 aromatic carbocycles. The largest absolute Gasteiger partial charge is 0.493 e. The van der Waals surface area contributed by atoms with Crippen LogP contribution >= 0.6 is 0 Å². The summed E-state index contributed by atoms with van der Waals surface area (Å²) in [6.07, 6.45) is 4.83. The van der Waals surface area contributed by atoms with Gasteiger partial charge in [0.15, 0.2) is 11.4 Å². The third-order valence-electron chi connectivity index (χ3n) is 2.68. The first-order valence-electron chi connectivity index (χ1n) is 5.73. The van der Waals surface area contributed by atoms with Crippen LogP contribution < -0.4 is 4.74 Å². The van der Waals surface area contributed by atoms with Gasteiger partial charge in [-0.05, 0) is 25.5 Å². The van der Waals surface area contributed by atoms with Crippen molar-refractivity contribution in [1.29, 1.82) is 0 Å². The van der Waals surface area contributed by atoms with E-state index in [9.17, 15) is 4.79 Å². The molecule has 0 aliphatic carbocycles. The fourth-order valence-electron chi connectivity index (χ4n) is 1.80. The number of carbonyl (C=O) groups excluding carboxylic acids is 1. The van der Waals surface area contributed by atoms with Gasteiger partial charge in [-0.2, -0.15) is 5.10 Å². The quantitative estimate of drug-likeness (QED) is 0.771. The Kier molecular flexibility index (Phi) is 3.41. The Morgan fingerprint density at radius 1 is 1.39 bits per heavy atom. The van der Waals surface area contributed by atoms with E-state index in [-0.39, 0.29) is 5.78 Å². The van der Waals surface area contributed by atoms with E-state index in [1.807, 2.05) is 19.9 Å². The van der Waals surface area contributed by atoms with Gasteiger partial charge in [-0.15, -0.1) is 0 Å². The summed E-state index contributed by atoms with van der Waals surface area (Å²) in [5.41, 5.74) is 1.96. The summed E-state index contributed by atoms with van der Waals surface area (Å²) in [5.74, 6) is 0.366. The lowest BCUT2D eigenvalue weighted by atomic mass is 10.1. The minimum Gasteiger partial charge on any atom is -0.493 e. The first-order valence-corrected chi connectivity index (χ1v) is 5.73. The predicted molar refractivity (Wildman–Crippen MR) is 66.9 cm³/mol. The van der Waals surface area contributed by atoms with E-state index in [1.54, 1.807) is 23.3 Å². The van der Waals surface area contributed by atoms with Crippen molar-refractivity contribution in [3.05, 3.63) is 41.5 Å². The molecule has 2 rings (SSSR count). The molecule has 0 amide bonds. The van der Waals surface area contributed by atoms with Gasteiger partial charge in [0, 0.05) is 24.5 Å². The van der Waals surface area contributed by atoms with E-state index in [1.165, 1.54) is 7.11 Å². The highest BCUT2D eigenvalue weighted by Crippen LogP contribution is 2.21. The van der Waals surface area contributed by atoms with Crippen molar-refractivity contribution < 1.29 is 9.53 Å². The topological polar surface area (TPSA) is 57.0 Å². The van der Waals surface area contributed by atoms with Crippen LogP contribution in [0.4, 0.5) is 0 Å². The molecule has 94 valence electrons. The number of carbonyl (C=O) groups is 1. The summed E-state index contributed by atoms with van der Waals surface area (Å²) in [4.78, 5) is 16.5. The molecule has 2 aromatic heterocycles. The van der Waals surface area contributed by atoms with Gasteiger partial charge in [-0.3, -0.25) is 14.5 Å². The Labute approximate surface area is 105 Å². The van der Waals surface area contributed by atoms with Crippen molar-refractivity contribution in [2.45, 2.75) is 20.4 Å². The van der Waals surface area contributed by atoms with Crippen molar-refractivity contribution in [2.24, 2.45) is 0 Å². The number of rotatable bonds is 4.